The van der Waals surface area contributed by atoms with Gasteiger partial charge in [0, 0.05) is 11.5 Å². The summed E-state index contributed by atoms with van der Waals surface area (Å²) in [5.41, 5.74) is 2.24. The highest BCUT2D eigenvalue weighted by molar-refractivity contribution is 9.10. The Kier molecular flexibility index (Phi) is 3.88. The fourth-order valence-corrected chi connectivity index (χ4v) is 3.51. The van der Waals surface area contributed by atoms with E-state index in [4.69, 9.17) is 4.42 Å². The molecule has 25 heavy (non-hydrogen) atoms. The number of benzene rings is 1. The Morgan fingerprint density at radius 3 is 2.68 bits per heavy atom. The second-order valence-electron chi connectivity index (χ2n) is 6.09. The number of nitrogens with zero attached hydrogens (tertiary/aromatic N) is 2. The Morgan fingerprint density at radius 1 is 1.24 bits per heavy atom. The largest absolute Gasteiger partial charge is 0.467 e. The van der Waals surface area contributed by atoms with Crippen LogP contribution in [-0.4, -0.2) is 35.3 Å². The molecule has 7 heteroatoms. The molecule has 1 N–H and O–H groups in total. The van der Waals surface area contributed by atoms with Crippen molar-refractivity contribution in [3.8, 4) is 0 Å². The molecule has 128 valence electrons. The summed E-state index contributed by atoms with van der Waals surface area (Å²) >= 11 is 3.41. The summed E-state index contributed by atoms with van der Waals surface area (Å²) in [4.78, 5) is 28.6. The Labute approximate surface area is 153 Å². The van der Waals surface area contributed by atoms with Gasteiger partial charge in [-0.15, -0.1) is 0 Å². The first-order chi connectivity index (χ1) is 12.0. The van der Waals surface area contributed by atoms with E-state index in [0.717, 1.165) is 21.5 Å². The van der Waals surface area contributed by atoms with Crippen molar-refractivity contribution in [2.45, 2.75) is 12.6 Å². The molecule has 0 fully saturated rings. The minimum Gasteiger partial charge on any atom is -0.467 e. The van der Waals surface area contributed by atoms with Crippen molar-refractivity contribution in [3.05, 3.63) is 69.7 Å². The second kappa shape index (κ2) is 6.07. The van der Waals surface area contributed by atoms with E-state index >= 15 is 0 Å². The number of rotatable bonds is 3. The first kappa shape index (κ1) is 16.0. The number of urea groups is 1. The van der Waals surface area contributed by atoms with E-state index in [2.05, 4.69) is 21.2 Å². The molecule has 2 aliphatic heterocycles. The lowest BCUT2D eigenvalue weighted by Gasteiger charge is -2.31. The molecule has 0 spiro atoms. The van der Waals surface area contributed by atoms with Gasteiger partial charge in [0.05, 0.1) is 36.7 Å². The van der Waals surface area contributed by atoms with E-state index < -0.39 is 6.04 Å². The number of nitrogens with one attached hydrogen (secondary N) is 1. The Balaban J connectivity index is 1.69. The van der Waals surface area contributed by atoms with Gasteiger partial charge in [-0.1, -0.05) is 28.1 Å². The maximum absolute atomic E-state index is 13.0. The molecule has 6 nitrogen and oxygen atoms in total. The average Bonchev–Trinajstić information content (AvgIpc) is 3.22. The molecule has 4 rings (SSSR count). The van der Waals surface area contributed by atoms with Crippen molar-refractivity contribution in [3.63, 3.8) is 0 Å². The lowest BCUT2D eigenvalue weighted by atomic mass is 9.96. The van der Waals surface area contributed by atoms with Crippen LogP contribution in [0.1, 0.15) is 17.4 Å². The van der Waals surface area contributed by atoms with E-state index in [9.17, 15) is 9.59 Å². The summed E-state index contributed by atoms with van der Waals surface area (Å²) in [6, 6.07) is 10.6. The highest BCUT2D eigenvalue weighted by Crippen LogP contribution is 2.36. The summed E-state index contributed by atoms with van der Waals surface area (Å²) in [6.07, 6.45) is 1.59. The topological polar surface area (TPSA) is 65.8 Å². The lowest BCUT2D eigenvalue weighted by Crippen LogP contribution is -2.45. The zero-order valence-corrected chi connectivity index (χ0v) is 15.1. The lowest BCUT2D eigenvalue weighted by molar-refractivity contribution is -0.126. The summed E-state index contributed by atoms with van der Waals surface area (Å²) in [5, 5.41) is 2.93. The van der Waals surface area contributed by atoms with Gasteiger partial charge in [-0.3, -0.25) is 9.69 Å². The van der Waals surface area contributed by atoms with E-state index in [0.29, 0.717) is 18.7 Å². The Bertz CT molecular complexity index is 858. The normalized spacial score (nSPS) is 20.2. The first-order valence-electron chi connectivity index (χ1n) is 7.89. The van der Waals surface area contributed by atoms with Gasteiger partial charge < -0.3 is 14.6 Å². The molecule has 1 aromatic heterocycles. The van der Waals surface area contributed by atoms with Gasteiger partial charge in [-0.2, -0.15) is 0 Å². The molecule has 1 atom stereocenters. The Hall–Kier alpha value is -2.54. The molecule has 1 aromatic carbocycles. The van der Waals surface area contributed by atoms with E-state index in [1.54, 1.807) is 24.3 Å². The molecule has 0 saturated carbocycles. The highest BCUT2D eigenvalue weighted by Gasteiger charge is 2.42. The van der Waals surface area contributed by atoms with Gasteiger partial charge in [0.2, 0.25) is 0 Å². The molecule has 3 amide bonds. The number of amides is 3. The Morgan fingerprint density at radius 2 is 2.00 bits per heavy atom. The van der Waals surface area contributed by atoms with Crippen molar-refractivity contribution in [2.75, 3.05) is 13.6 Å². The fraction of sp³-hybridized carbons (Fsp3) is 0.222. The van der Waals surface area contributed by atoms with E-state index in [1.165, 1.54) is 4.90 Å². The number of furan rings is 1. The van der Waals surface area contributed by atoms with Gasteiger partial charge in [0.25, 0.3) is 5.91 Å². The minimum atomic E-state index is -0.444. The van der Waals surface area contributed by atoms with Crippen LogP contribution in [0.15, 0.2) is 62.8 Å². The van der Waals surface area contributed by atoms with Crippen LogP contribution in [0, 0.1) is 0 Å². The third-order valence-electron chi connectivity index (χ3n) is 4.57. The number of hydrogen-bond acceptors (Lipinski definition) is 3. The zero-order chi connectivity index (χ0) is 17.6. The van der Waals surface area contributed by atoms with Crippen molar-refractivity contribution >= 4 is 27.9 Å². The standard InChI is InChI=1S/C18H16BrN3O3/c1-21-14-10-22(9-13-3-2-8-25-13)17(23)15(14)16(20-18(21)24)11-4-6-12(19)7-5-11/h2-8,16H,9-10H2,1H3,(H,20,24)/t16-/m0/s1. The van der Waals surface area contributed by atoms with Crippen LogP contribution in [0.4, 0.5) is 4.79 Å². The van der Waals surface area contributed by atoms with Crippen LogP contribution >= 0.6 is 15.9 Å². The third-order valence-corrected chi connectivity index (χ3v) is 5.09. The van der Waals surface area contributed by atoms with Crippen molar-refractivity contribution in [1.29, 1.82) is 0 Å². The van der Waals surface area contributed by atoms with E-state index in [1.807, 2.05) is 30.3 Å². The smallest absolute Gasteiger partial charge is 0.322 e. The SMILES string of the molecule is CN1C(=O)N[C@@H](c2ccc(Br)cc2)C2=C1CN(Cc1ccco1)C2=O. The third kappa shape index (κ3) is 2.74. The summed E-state index contributed by atoms with van der Waals surface area (Å²) in [5.74, 6) is 0.640. The van der Waals surface area contributed by atoms with Crippen molar-refractivity contribution in [1.82, 2.24) is 15.1 Å². The molecular formula is C18H16BrN3O3. The second-order valence-corrected chi connectivity index (χ2v) is 7.01. The van der Waals surface area contributed by atoms with Gasteiger partial charge in [0.1, 0.15) is 5.76 Å². The molecule has 0 saturated heterocycles. The molecule has 2 aromatic rings. The van der Waals surface area contributed by atoms with Crippen LogP contribution in [0.5, 0.6) is 0 Å². The number of likely N-dealkylation sites (N-methyl/N-ethyl adjacent to an activating group) is 1. The molecule has 2 aliphatic rings. The average molecular weight is 402 g/mol. The van der Waals surface area contributed by atoms with Crippen molar-refractivity contribution in [2.24, 2.45) is 0 Å². The van der Waals surface area contributed by atoms with Gasteiger partial charge in [-0.05, 0) is 29.8 Å². The molecule has 3 heterocycles. The summed E-state index contributed by atoms with van der Waals surface area (Å²) < 4.78 is 6.30. The first-order valence-corrected chi connectivity index (χ1v) is 8.68. The minimum absolute atomic E-state index is 0.0776. The molecule has 0 bridgehead atoms. The molecular weight excluding hydrogens is 386 g/mol. The van der Waals surface area contributed by atoms with Crippen LogP contribution in [0.3, 0.4) is 0 Å². The van der Waals surface area contributed by atoms with E-state index in [-0.39, 0.29) is 11.9 Å². The van der Waals surface area contributed by atoms with Gasteiger partial charge in [0.15, 0.2) is 0 Å². The number of hydrogen-bond donors (Lipinski definition) is 1. The van der Waals surface area contributed by atoms with Gasteiger partial charge >= 0.3 is 6.03 Å². The molecule has 0 unspecified atom stereocenters. The van der Waals surface area contributed by atoms with Crippen LogP contribution < -0.4 is 5.32 Å². The maximum Gasteiger partial charge on any atom is 0.322 e. The van der Waals surface area contributed by atoms with Crippen molar-refractivity contribution < 1.29 is 14.0 Å². The zero-order valence-electron chi connectivity index (χ0n) is 13.5. The fourth-order valence-electron chi connectivity index (χ4n) is 3.25. The summed E-state index contributed by atoms with van der Waals surface area (Å²) in [6.45, 7) is 0.778. The number of carbonyl (C=O) groups excluding carboxylic acids is 2. The quantitative estimate of drug-likeness (QED) is 0.859. The summed E-state index contributed by atoms with van der Waals surface area (Å²) in [7, 11) is 1.69. The maximum atomic E-state index is 13.0. The van der Waals surface area contributed by atoms with Crippen LogP contribution in [-0.2, 0) is 11.3 Å². The predicted octanol–water partition coefficient (Wildman–Crippen LogP) is 3.03. The van der Waals surface area contributed by atoms with Crippen LogP contribution in [0.2, 0.25) is 0 Å². The number of halogens is 1. The predicted molar refractivity (Wildman–Crippen MR) is 94.3 cm³/mol. The monoisotopic (exact) mass is 401 g/mol. The van der Waals surface area contributed by atoms with Crippen LogP contribution in [0.25, 0.3) is 0 Å². The molecule has 0 aliphatic carbocycles. The van der Waals surface area contributed by atoms with Gasteiger partial charge in [-0.25, -0.2) is 4.79 Å². The highest BCUT2D eigenvalue weighted by atomic mass is 79.9. The number of carbonyl (C=O) groups is 2. The molecule has 0 radical (unpaired) electrons.